The van der Waals surface area contributed by atoms with Crippen LogP contribution in [0.15, 0.2) is 24.3 Å². The summed E-state index contributed by atoms with van der Waals surface area (Å²) >= 11 is 0. The van der Waals surface area contributed by atoms with Crippen molar-refractivity contribution in [3.63, 3.8) is 0 Å². The van der Waals surface area contributed by atoms with Gasteiger partial charge in [-0.2, -0.15) is 0 Å². The molecule has 20 heavy (non-hydrogen) atoms. The molecule has 2 aliphatic rings. The van der Waals surface area contributed by atoms with Gasteiger partial charge in [-0.1, -0.05) is 31.5 Å². The third-order valence-electron chi connectivity index (χ3n) is 5.20. The second-order valence-corrected chi connectivity index (χ2v) is 6.34. The lowest BCUT2D eigenvalue weighted by Gasteiger charge is -2.32. The lowest BCUT2D eigenvalue weighted by molar-refractivity contribution is 0.245. The smallest absolute Gasteiger partial charge is 0.124 e. The molecule has 2 fully saturated rings. The first-order valence-electron chi connectivity index (χ1n) is 8.28. The Kier molecular flexibility index (Phi) is 4.30. The van der Waals surface area contributed by atoms with Crippen molar-refractivity contribution in [2.45, 2.75) is 45.6 Å². The van der Waals surface area contributed by atoms with Gasteiger partial charge in [0.25, 0.3) is 0 Å². The number of para-hydroxylation sites is 1. The Hall–Kier alpha value is -1.02. The zero-order chi connectivity index (χ0) is 13.9. The van der Waals surface area contributed by atoms with E-state index in [0.717, 1.165) is 36.7 Å². The van der Waals surface area contributed by atoms with Crippen LogP contribution in [0.2, 0.25) is 0 Å². The van der Waals surface area contributed by atoms with Crippen LogP contribution in [0.4, 0.5) is 0 Å². The molecule has 1 aromatic rings. The van der Waals surface area contributed by atoms with E-state index in [-0.39, 0.29) is 0 Å². The van der Waals surface area contributed by atoms with Gasteiger partial charge >= 0.3 is 0 Å². The van der Waals surface area contributed by atoms with Gasteiger partial charge < -0.3 is 10.1 Å². The van der Waals surface area contributed by atoms with E-state index in [9.17, 15) is 0 Å². The first-order valence-corrected chi connectivity index (χ1v) is 8.28. The average molecular weight is 273 g/mol. The van der Waals surface area contributed by atoms with Gasteiger partial charge in [-0.25, -0.2) is 0 Å². The molecule has 0 aromatic heterocycles. The zero-order valence-corrected chi connectivity index (χ0v) is 12.8. The zero-order valence-electron chi connectivity index (χ0n) is 12.8. The maximum atomic E-state index is 5.86. The third kappa shape index (κ3) is 2.58. The van der Waals surface area contributed by atoms with Crippen LogP contribution >= 0.6 is 0 Å². The van der Waals surface area contributed by atoms with Crippen LogP contribution in [0, 0.1) is 17.8 Å². The van der Waals surface area contributed by atoms with Crippen LogP contribution in [-0.4, -0.2) is 13.2 Å². The monoisotopic (exact) mass is 273 g/mol. The highest BCUT2D eigenvalue weighted by molar-refractivity contribution is 5.36. The SMILES string of the molecule is CCNC(c1ccccc1OCC)C1CC2CCC1C2. The van der Waals surface area contributed by atoms with Crippen molar-refractivity contribution in [3.05, 3.63) is 29.8 Å². The number of fused-ring (bicyclic) bond motifs is 2. The Morgan fingerprint density at radius 3 is 2.70 bits per heavy atom. The largest absolute Gasteiger partial charge is 0.494 e. The van der Waals surface area contributed by atoms with E-state index in [1.807, 2.05) is 0 Å². The normalized spacial score (nSPS) is 29.6. The number of ether oxygens (including phenoxy) is 1. The van der Waals surface area contributed by atoms with Crippen molar-refractivity contribution in [2.24, 2.45) is 17.8 Å². The molecule has 0 heterocycles. The molecule has 2 nitrogen and oxygen atoms in total. The van der Waals surface area contributed by atoms with Gasteiger partial charge in [0, 0.05) is 11.6 Å². The lowest BCUT2D eigenvalue weighted by Crippen LogP contribution is -2.31. The fourth-order valence-electron chi connectivity index (χ4n) is 4.44. The molecular weight excluding hydrogens is 246 g/mol. The van der Waals surface area contributed by atoms with Gasteiger partial charge in [-0.3, -0.25) is 0 Å². The average Bonchev–Trinajstić information content (AvgIpc) is 3.09. The summed E-state index contributed by atoms with van der Waals surface area (Å²) in [5.41, 5.74) is 1.37. The Balaban J connectivity index is 1.86. The predicted molar refractivity (Wildman–Crippen MR) is 83.0 cm³/mol. The summed E-state index contributed by atoms with van der Waals surface area (Å²) in [6.07, 6.45) is 5.77. The van der Waals surface area contributed by atoms with Crippen molar-refractivity contribution in [1.82, 2.24) is 5.32 Å². The Morgan fingerprint density at radius 1 is 1.20 bits per heavy atom. The van der Waals surface area contributed by atoms with Crippen LogP contribution in [0.5, 0.6) is 5.75 Å². The van der Waals surface area contributed by atoms with E-state index in [1.165, 1.54) is 31.2 Å². The molecule has 3 rings (SSSR count). The molecule has 4 unspecified atom stereocenters. The predicted octanol–water partition coefficient (Wildman–Crippen LogP) is 4.17. The number of benzene rings is 1. The van der Waals surface area contributed by atoms with Gasteiger partial charge in [0.15, 0.2) is 0 Å². The highest BCUT2D eigenvalue weighted by atomic mass is 16.5. The molecule has 2 bridgehead atoms. The molecule has 2 aliphatic carbocycles. The maximum absolute atomic E-state index is 5.86. The van der Waals surface area contributed by atoms with E-state index < -0.39 is 0 Å². The van der Waals surface area contributed by atoms with Gasteiger partial charge in [0.1, 0.15) is 5.75 Å². The number of hydrogen-bond acceptors (Lipinski definition) is 2. The highest BCUT2D eigenvalue weighted by Crippen LogP contribution is 2.53. The molecule has 0 aliphatic heterocycles. The summed E-state index contributed by atoms with van der Waals surface area (Å²) in [4.78, 5) is 0. The minimum Gasteiger partial charge on any atom is -0.494 e. The van der Waals surface area contributed by atoms with Crippen molar-refractivity contribution < 1.29 is 4.74 Å². The molecule has 0 radical (unpaired) electrons. The van der Waals surface area contributed by atoms with Crippen molar-refractivity contribution in [1.29, 1.82) is 0 Å². The minimum atomic E-state index is 0.470. The Labute approximate surface area is 122 Å². The molecular formula is C18H27NO. The maximum Gasteiger partial charge on any atom is 0.124 e. The van der Waals surface area contributed by atoms with Crippen molar-refractivity contribution in [2.75, 3.05) is 13.2 Å². The van der Waals surface area contributed by atoms with E-state index >= 15 is 0 Å². The number of rotatable bonds is 6. The summed E-state index contributed by atoms with van der Waals surface area (Å²) < 4.78 is 5.86. The van der Waals surface area contributed by atoms with Gasteiger partial charge in [0.2, 0.25) is 0 Å². The Bertz CT molecular complexity index is 445. The summed E-state index contributed by atoms with van der Waals surface area (Å²) in [5.74, 6) is 3.79. The van der Waals surface area contributed by atoms with Crippen LogP contribution in [-0.2, 0) is 0 Å². The summed E-state index contributed by atoms with van der Waals surface area (Å²) in [6, 6.07) is 9.08. The van der Waals surface area contributed by atoms with Gasteiger partial charge in [-0.05, 0) is 56.6 Å². The van der Waals surface area contributed by atoms with Crippen LogP contribution in [0.1, 0.15) is 51.1 Å². The van der Waals surface area contributed by atoms with Crippen LogP contribution in [0.3, 0.4) is 0 Å². The summed E-state index contributed by atoms with van der Waals surface area (Å²) in [7, 11) is 0. The molecule has 0 saturated heterocycles. The molecule has 4 atom stereocenters. The van der Waals surface area contributed by atoms with Crippen LogP contribution < -0.4 is 10.1 Å². The third-order valence-corrected chi connectivity index (χ3v) is 5.20. The molecule has 0 amide bonds. The van der Waals surface area contributed by atoms with Crippen molar-refractivity contribution in [3.8, 4) is 5.75 Å². The molecule has 1 aromatic carbocycles. The molecule has 2 heteroatoms. The first-order chi connectivity index (χ1) is 9.83. The second-order valence-electron chi connectivity index (χ2n) is 6.34. The minimum absolute atomic E-state index is 0.470. The fraction of sp³-hybridized carbons (Fsp3) is 0.667. The number of hydrogen-bond donors (Lipinski definition) is 1. The quantitative estimate of drug-likeness (QED) is 0.840. The van der Waals surface area contributed by atoms with Gasteiger partial charge in [-0.15, -0.1) is 0 Å². The van der Waals surface area contributed by atoms with E-state index in [2.05, 4.69) is 43.4 Å². The van der Waals surface area contributed by atoms with E-state index in [4.69, 9.17) is 4.74 Å². The number of nitrogens with one attached hydrogen (secondary N) is 1. The topological polar surface area (TPSA) is 21.3 Å². The second kappa shape index (κ2) is 6.17. The van der Waals surface area contributed by atoms with E-state index in [1.54, 1.807) is 0 Å². The Morgan fingerprint density at radius 2 is 2.05 bits per heavy atom. The fourth-order valence-corrected chi connectivity index (χ4v) is 4.44. The van der Waals surface area contributed by atoms with E-state index in [0.29, 0.717) is 6.04 Å². The van der Waals surface area contributed by atoms with Crippen molar-refractivity contribution >= 4 is 0 Å². The van der Waals surface area contributed by atoms with Gasteiger partial charge in [0.05, 0.1) is 6.61 Å². The molecule has 0 spiro atoms. The molecule has 110 valence electrons. The highest BCUT2D eigenvalue weighted by Gasteiger charge is 2.43. The lowest BCUT2D eigenvalue weighted by atomic mass is 9.80. The van der Waals surface area contributed by atoms with Crippen LogP contribution in [0.25, 0.3) is 0 Å². The summed E-state index contributed by atoms with van der Waals surface area (Å²) in [5, 5.41) is 3.74. The first kappa shape index (κ1) is 13.9. The molecule has 1 N–H and O–H groups in total. The summed E-state index contributed by atoms with van der Waals surface area (Å²) in [6.45, 7) is 6.05. The standard InChI is InChI=1S/C18H27NO/c1-3-19-18(16-12-13-9-10-14(16)11-13)15-7-5-6-8-17(15)20-4-2/h5-8,13-14,16,18-19H,3-4,9-12H2,1-2H3. The molecule has 2 saturated carbocycles.